The fourth-order valence-corrected chi connectivity index (χ4v) is 5.35. The van der Waals surface area contributed by atoms with Crippen LogP contribution in [-0.2, 0) is 0 Å². The minimum absolute atomic E-state index is 0.321. The molecule has 0 radical (unpaired) electrons. The molecule has 3 fully saturated rings. The molecule has 0 aromatic heterocycles. The molecule has 104 valence electrons. The van der Waals surface area contributed by atoms with Gasteiger partial charge in [0.25, 0.3) is 0 Å². The summed E-state index contributed by atoms with van der Waals surface area (Å²) in [5, 5.41) is 0. The van der Waals surface area contributed by atoms with Gasteiger partial charge in [-0.2, -0.15) is 0 Å². The highest BCUT2D eigenvalue weighted by molar-refractivity contribution is 5.03. The van der Waals surface area contributed by atoms with E-state index in [0.29, 0.717) is 11.6 Å². The van der Waals surface area contributed by atoms with Crippen LogP contribution >= 0.6 is 0 Å². The summed E-state index contributed by atoms with van der Waals surface area (Å²) in [6.45, 7) is 0. The molecule has 4 unspecified atom stereocenters. The molecule has 0 heterocycles. The summed E-state index contributed by atoms with van der Waals surface area (Å²) in [5.74, 6) is 3.05. The van der Waals surface area contributed by atoms with Crippen LogP contribution in [0.5, 0.6) is 0 Å². The molecule has 0 aromatic rings. The fourth-order valence-electron chi connectivity index (χ4n) is 5.35. The standard InChI is InChI=1S/C16H30N2/c1-18(2)16(7-3-4-8-16)15(17)11-14-10-12-5-6-13(14)9-12/h12-15H,3-11,17H2,1-2H3. The molecule has 3 aliphatic carbocycles. The molecule has 0 aromatic carbocycles. The van der Waals surface area contributed by atoms with E-state index >= 15 is 0 Å². The molecule has 3 saturated carbocycles. The van der Waals surface area contributed by atoms with E-state index in [-0.39, 0.29) is 0 Å². The molecule has 2 heteroatoms. The van der Waals surface area contributed by atoms with Crippen LogP contribution < -0.4 is 5.73 Å². The first kappa shape index (κ1) is 12.9. The highest BCUT2D eigenvalue weighted by Crippen LogP contribution is 2.51. The Labute approximate surface area is 112 Å². The molecule has 3 rings (SSSR count). The van der Waals surface area contributed by atoms with Crippen LogP contribution in [0, 0.1) is 17.8 Å². The Hall–Kier alpha value is -0.0800. The Morgan fingerprint density at radius 2 is 1.89 bits per heavy atom. The zero-order chi connectivity index (χ0) is 12.8. The van der Waals surface area contributed by atoms with E-state index in [0.717, 1.165) is 17.8 Å². The molecule has 0 saturated heterocycles. The number of nitrogens with zero attached hydrogens (tertiary/aromatic N) is 1. The van der Waals surface area contributed by atoms with Crippen LogP contribution in [0.4, 0.5) is 0 Å². The summed E-state index contributed by atoms with van der Waals surface area (Å²) in [5.41, 5.74) is 7.01. The van der Waals surface area contributed by atoms with Crippen molar-refractivity contribution < 1.29 is 0 Å². The monoisotopic (exact) mass is 250 g/mol. The SMILES string of the molecule is CN(C)C1(C(N)CC2CC3CCC2C3)CCCC1. The lowest BCUT2D eigenvalue weighted by Crippen LogP contribution is -2.56. The van der Waals surface area contributed by atoms with Crippen LogP contribution in [0.3, 0.4) is 0 Å². The van der Waals surface area contributed by atoms with Crippen LogP contribution in [0.2, 0.25) is 0 Å². The van der Waals surface area contributed by atoms with E-state index in [1.807, 2.05) is 0 Å². The lowest BCUT2D eigenvalue weighted by molar-refractivity contribution is 0.103. The zero-order valence-corrected chi connectivity index (χ0v) is 12.2. The first-order valence-electron chi connectivity index (χ1n) is 8.05. The number of hydrogen-bond donors (Lipinski definition) is 1. The van der Waals surface area contributed by atoms with Gasteiger partial charge in [-0.1, -0.05) is 19.3 Å². The van der Waals surface area contributed by atoms with E-state index in [1.54, 1.807) is 0 Å². The highest BCUT2D eigenvalue weighted by atomic mass is 15.2. The number of hydrogen-bond acceptors (Lipinski definition) is 2. The molecular formula is C16H30N2. The maximum Gasteiger partial charge on any atom is 0.0354 e. The maximum atomic E-state index is 6.68. The largest absolute Gasteiger partial charge is 0.326 e. The van der Waals surface area contributed by atoms with Crippen molar-refractivity contribution in [2.24, 2.45) is 23.5 Å². The van der Waals surface area contributed by atoms with Gasteiger partial charge < -0.3 is 10.6 Å². The molecule has 0 spiro atoms. The Kier molecular flexibility index (Phi) is 3.44. The van der Waals surface area contributed by atoms with E-state index in [4.69, 9.17) is 5.73 Å². The Bertz CT molecular complexity index is 293. The predicted molar refractivity (Wildman–Crippen MR) is 76.4 cm³/mol. The lowest BCUT2D eigenvalue weighted by atomic mass is 9.77. The smallest absolute Gasteiger partial charge is 0.0354 e. The molecular weight excluding hydrogens is 220 g/mol. The van der Waals surface area contributed by atoms with Gasteiger partial charge in [-0.3, -0.25) is 0 Å². The number of fused-ring (bicyclic) bond motifs is 2. The van der Waals surface area contributed by atoms with Crippen LogP contribution in [-0.4, -0.2) is 30.6 Å². The van der Waals surface area contributed by atoms with Crippen molar-refractivity contribution in [2.75, 3.05) is 14.1 Å². The van der Waals surface area contributed by atoms with Crippen LogP contribution in [0.25, 0.3) is 0 Å². The Morgan fingerprint density at radius 3 is 2.39 bits per heavy atom. The van der Waals surface area contributed by atoms with Crippen molar-refractivity contribution in [2.45, 2.75) is 69.4 Å². The molecule has 3 aliphatic rings. The average Bonchev–Trinajstić information content (AvgIpc) is 3.05. The first-order chi connectivity index (χ1) is 8.62. The van der Waals surface area contributed by atoms with Crippen molar-refractivity contribution in [3.05, 3.63) is 0 Å². The highest BCUT2D eigenvalue weighted by Gasteiger charge is 2.45. The third-order valence-corrected chi connectivity index (χ3v) is 6.49. The summed E-state index contributed by atoms with van der Waals surface area (Å²) >= 11 is 0. The summed E-state index contributed by atoms with van der Waals surface area (Å²) in [7, 11) is 4.48. The van der Waals surface area contributed by atoms with Crippen molar-refractivity contribution >= 4 is 0 Å². The molecule has 0 amide bonds. The topological polar surface area (TPSA) is 29.3 Å². The first-order valence-corrected chi connectivity index (χ1v) is 8.05. The Balaban J connectivity index is 1.64. The summed E-state index contributed by atoms with van der Waals surface area (Å²) in [6, 6.07) is 0.402. The summed E-state index contributed by atoms with van der Waals surface area (Å²) in [4.78, 5) is 2.44. The third-order valence-electron chi connectivity index (χ3n) is 6.49. The molecule has 2 bridgehead atoms. The quantitative estimate of drug-likeness (QED) is 0.831. The molecule has 2 nitrogen and oxygen atoms in total. The van der Waals surface area contributed by atoms with Crippen LogP contribution in [0.1, 0.15) is 57.8 Å². The van der Waals surface area contributed by atoms with Gasteiger partial charge in [0, 0.05) is 11.6 Å². The van der Waals surface area contributed by atoms with E-state index < -0.39 is 0 Å². The zero-order valence-electron chi connectivity index (χ0n) is 12.2. The van der Waals surface area contributed by atoms with E-state index in [9.17, 15) is 0 Å². The van der Waals surface area contributed by atoms with Crippen molar-refractivity contribution in [1.82, 2.24) is 4.90 Å². The predicted octanol–water partition coefficient (Wildman–Crippen LogP) is 3.01. The molecule has 4 atom stereocenters. The molecule has 0 aliphatic heterocycles. The third kappa shape index (κ3) is 2.02. The molecule has 18 heavy (non-hydrogen) atoms. The fraction of sp³-hybridized carbons (Fsp3) is 1.00. The van der Waals surface area contributed by atoms with Gasteiger partial charge in [-0.05, 0) is 70.4 Å². The minimum atomic E-state index is 0.321. The summed E-state index contributed by atoms with van der Waals surface area (Å²) in [6.07, 6.45) is 12.7. The Morgan fingerprint density at radius 1 is 1.17 bits per heavy atom. The normalized spacial score (nSPS) is 39.7. The average molecular weight is 250 g/mol. The minimum Gasteiger partial charge on any atom is -0.326 e. The van der Waals surface area contributed by atoms with Gasteiger partial charge >= 0.3 is 0 Å². The number of rotatable bonds is 4. The van der Waals surface area contributed by atoms with Crippen molar-refractivity contribution in [3.63, 3.8) is 0 Å². The maximum absolute atomic E-state index is 6.68. The second kappa shape index (κ2) is 4.79. The number of likely N-dealkylation sites (N-methyl/N-ethyl adjacent to an activating group) is 1. The summed E-state index contributed by atoms with van der Waals surface area (Å²) < 4.78 is 0. The van der Waals surface area contributed by atoms with Gasteiger partial charge in [0.1, 0.15) is 0 Å². The van der Waals surface area contributed by atoms with Crippen molar-refractivity contribution in [3.8, 4) is 0 Å². The second-order valence-electron chi connectivity index (χ2n) is 7.48. The van der Waals surface area contributed by atoms with Gasteiger partial charge in [0.15, 0.2) is 0 Å². The van der Waals surface area contributed by atoms with Crippen molar-refractivity contribution in [1.29, 1.82) is 0 Å². The van der Waals surface area contributed by atoms with Gasteiger partial charge in [-0.25, -0.2) is 0 Å². The van der Waals surface area contributed by atoms with Gasteiger partial charge in [-0.15, -0.1) is 0 Å². The lowest BCUT2D eigenvalue weighted by Gasteiger charge is -2.43. The van der Waals surface area contributed by atoms with Gasteiger partial charge in [0.2, 0.25) is 0 Å². The van der Waals surface area contributed by atoms with Crippen LogP contribution in [0.15, 0.2) is 0 Å². The molecule has 2 N–H and O–H groups in total. The van der Waals surface area contributed by atoms with E-state index in [2.05, 4.69) is 19.0 Å². The van der Waals surface area contributed by atoms with E-state index in [1.165, 1.54) is 57.8 Å². The second-order valence-corrected chi connectivity index (χ2v) is 7.48. The number of nitrogens with two attached hydrogens (primary N) is 1. The van der Waals surface area contributed by atoms with Gasteiger partial charge in [0.05, 0.1) is 0 Å².